The van der Waals surface area contributed by atoms with Gasteiger partial charge in [0.05, 0.1) is 24.4 Å². The Bertz CT molecular complexity index is 1460. The second kappa shape index (κ2) is 10.2. The van der Waals surface area contributed by atoms with Crippen molar-refractivity contribution in [3.8, 4) is 22.3 Å². The van der Waals surface area contributed by atoms with Crippen molar-refractivity contribution >= 4 is 28.3 Å². The molecule has 0 saturated carbocycles. The lowest BCUT2D eigenvalue weighted by Crippen LogP contribution is -2.41. The van der Waals surface area contributed by atoms with E-state index in [1.165, 1.54) is 0 Å². The molecule has 0 radical (unpaired) electrons. The minimum Gasteiger partial charge on any atom is -0.394 e. The molecule has 3 heterocycles. The monoisotopic (exact) mass is 484 g/mol. The van der Waals surface area contributed by atoms with Crippen LogP contribution in [-0.4, -0.2) is 60.2 Å². The summed E-state index contributed by atoms with van der Waals surface area (Å²) in [7, 11) is 0. The number of nitrogens with one attached hydrogen (secondary N) is 2. The maximum Gasteiger partial charge on any atom is 0.271 e. The number of carbonyl (C=O) groups excluding carboxylic acids is 1. The van der Waals surface area contributed by atoms with E-state index < -0.39 is 0 Å². The largest absolute Gasteiger partial charge is 0.394 e. The summed E-state index contributed by atoms with van der Waals surface area (Å²) >= 11 is 0. The zero-order valence-corrected chi connectivity index (χ0v) is 19.8. The lowest BCUT2D eigenvalue weighted by atomic mass is 10.00. The zero-order valence-electron chi connectivity index (χ0n) is 19.8. The van der Waals surface area contributed by atoms with Crippen LogP contribution in [-0.2, 0) is 4.74 Å². The van der Waals surface area contributed by atoms with Gasteiger partial charge in [0.1, 0.15) is 5.82 Å². The van der Waals surface area contributed by atoms with Gasteiger partial charge >= 0.3 is 0 Å². The average Bonchev–Trinajstić information content (AvgIpc) is 2.90. The van der Waals surface area contributed by atoms with E-state index in [4.69, 9.17) is 16.2 Å². The molecule has 184 valence electrons. The van der Waals surface area contributed by atoms with Gasteiger partial charge in [0.25, 0.3) is 11.5 Å². The van der Waals surface area contributed by atoms with E-state index in [0.717, 1.165) is 66.0 Å². The molecule has 1 aliphatic rings. The smallest absolute Gasteiger partial charge is 0.271 e. The number of nitrogen functional groups attached to an aromatic ring is 2. The number of nitrogens with two attached hydrogens (primary N) is 2. The SMILES string of the molecule is Nc1nc2ccc(-c3c[nH]c(=O)c(N)c3)cc2cc1-c1ccc(C(=O)NCCN2CCOCC2)cc1. The molecule has 0 spiro atoms. The summed E-state index contributed by atoms with van der Waals surface area (Å²) in [5.41, 5.74) is 16.6. The number of anilines is 2. The van der Waals surface area contributed by atoms with Crippen LogP contribution in [0.25, 0.3) is 33.2 Å². The third-order valence-electron chi connectivity index (χ3n) is 6.38. The van der Waals surface area contributed by atoms with Crippen LogP contribution in [0.1, 0.15) is 10.4 Å². The summed E-state index contributed by atoms with van der Waals surface area (Å²) in [5, 5.41) is 3.88. The van der Waals surface area contributed by atoms with Crippen molar-refractivity contribution < 1.29 is 9.53 Å². The Morgan fingerprint density at radius 3 is 2.50 bits per heavy atom. The third kappa shape index (κ3) is 5.07. The molecule has 2 aromatic heterocycles. The van der Waals surface area contributed by atoms with Crippen molar-refractivity contribution in [2.24, 2.45) is 0 Å². The minimum absolute atomic E-state index is 0.107. The topological polar surface area (TPSA) is 139 Å². The predicted octanol–water partition coefficient (Wildman–Crippen LogP) is 2.48. The second-order valence-corrected chi connectivity index (χ2v) is 8.79. The van der Waals surface area contributed by atoms with Gasteiger partial charge in [-0.2, -0.15) is 0 Å². The number of amides is 1. The highest BCUT2D eigenvalue weighted by Gasteiger charge is 2.13. The summed E-state index contributed by atoms with van der Waals surface area (Å²) in [6.07, 6.45) is 1.64. The third-order valence-corrected chi connectivity index (χ3v) is 6.38. The number of rotatable bonds is 6. The number of ether oxygens (including phenoxy) is 1. The van der Waals surface area contributed by atoms with Crippen LogP contribution >= 0.6 is 0 Å². The Balaban J connectivity index is 1.33. The van der Waals surface area contributed by atoms with E-state index in [9.17, 15) is 9.59 Å². The van der Waals surface area contributed by atoms with Crippen LogP contribution in [0, 0.1) is 0 Å². The maximum atomic E-state index is 12.6. The molecule has 1 fully saturated rings. The van der Waals surface area contributed by atoms with E-state index in [2.05, 4.69) is 20.2 Å². The first-order valence-electron chi connectivity index (χ1n) is 11.9. The number of pyridine rings is 2. The van der Waals surface area contributed by atoms with Crippen LogP contribution in [0.5, 0.6) is 0 Å². The molecule has 36 heavy (non-hydrogen) atoms. The van der Waals surface area contributed by atoms with Crippen molar-refractivity contribution in [1.29, 1.82) is 0 Å². The molecule has 1 aliphatic heterocycles. The van der Waals surface area contributed by atoms with Crippen LogP contribution in [0.15, 0.2) is 65.6 Å². The van der Waals surface area contributed by atoms with E-state index in [1.807, 2.05) is 36.4 Å². The van der Waals surface area contributed by atoms with Crippen molar-refractivity contribution in [2.45, 2.75) is 0 Å². The van der Waals surface area contributed by atoms with Crippen molar-refractivity contribution in [3.63, 3.8) is 0 Å². The first-order chi connectivity index (χ1) is 17.5. The zero-order chi connectivity index (χ0) is 25.1. The first-order valence-corrected chi connectivity index (χ1v) is 11.9. The van der Waals surface area contributed by atoms with Gasteiger partial charge in [0.2, 0.25) is 0 Å². The van der Waals surface area contributed by atoms with Crippen LogP contribution in [0.3, 0.4) is 0 Å². The molecule has 1 saturated heterocycles. The standard InChI is InChI=1S/C27H28N6O3/c28-23-15-21(16-31-27(23)35)19-5-6-24-20(13-19)14-22(25(29)32-24)17-1-3-18(4-2-17)26(34)30-7-8-33-9-11-36-12-10-33/h1-6,13-16H,7-12,28H2,(H2,29,32)(H,30,34)(H,31,35). The van der Waals surface area contributed by atoms with Crippen LogP contribution in [0.2, 0.25) is 0 Å². The number of H-pyrrole nitrogens is 1. The fourth-order valence-electron chi connectivity index (χ4n) is 4.33. The molecule has 0 atom stereocenters. The molecule has 9 heteroatoms. The molecule has 2 aromatic carbocycles. The number of aromatic nitrogens is 2. The number of nitrogens with zero attached hydrogens (tertiary/aromatic N) is 2. The molecule has 0 bridgehead atoms. The number of benzene rings is 2. The van der Waals surface area contributed by atoms with Crippen molar-refractivity contribution in [2.75, 3.05) is 50.9 Å². The quantitative estimate of drug-likeness (QED) is 0.330. The van der Waals surface area contributed by atoms with Crippen molar-refractivity contribution in [1.82, 2.24) is 20.2 Å². The van der Waals surface area contributed by atoms with Gasteiger partial charge in [-0.1, -0.05) is 18.2 Å². The first kappa shape index (κ1) is 23.5. The molecule has 6 N–H and O–H groups in total. The summed E-state index contributed by atoms with van der Waals surface area (Å²) in [5.74, 6) is 0.301. The van der Waals surface area contributed by atoms with Gasteiger partial charge in [-0.15, -0.1) is 0 Å². The summed E-state index contributed by atoms with van der Waals surface area (Å²) < 4.78 is 5.35. The Morgan fingerprint density at radius 1 is 1.00 bits per heavy atom. The number of hydrogen-bond donors (Lipinski definition) is 4. The molecule has 4 aromatic rings. The summed E-state index contributed by atoms with van der Waals surface area (Å²) in [6, 6.07) is 16.7. The van der Waals surface area contributed by atoms with Gasteiger partial charge in [-0.3, -0.25) is 14.5 Å². The summed E-state index contributed by atoms with van der Waals surface area (Å²) in [6.45, 7) is 4.67. The van der Waals surface area contributed by atoms with E-state index >= 15 is 0 Å². The molecular weight excluding hydrogens is 456 g/mol. The average molecular weight is 485 g/mol. The predicted molar refractivity (Wildman–Crippen MR) is 142 cm³/mol. The van der Waals surface area contributed by atoms with E-state index in [-0.39, 0.29) is 17.2 Å². The Labute approximate surface area is 208 Å². The molecule has 0 unspecified atom stereocenters. The fraction of sp³-hybridized carbons (Fsp3) is 0.222. The van der Waals surface area contributed by atoms with Gasteiger partial charge in [0.15, 0.2) is 0 Å². The van der Waals surface area contributed by atoms with Crippen LogP contribution in [0.4, 0.5) is 11.5 Å². The van der Waals surface area contributed by atoms with E-state index in [0.29, 0.717) is 17.9 Å². The molecule has 1 amide bonds. The van der Waals surface area contributed by atoms with Gasteiger partial charge in [-0.05, 0) is 47.5 Å². The highest BCUT2D eigenvalue weighted by atomic mass is 16.5. The molecule has 9 nitrogen and oxygen atoms in total. The number of aromatic amines is 1. The lowest BCUT2D eigenvalue weighted by molar-refractivity contribution is 0.0383. The highest BCUT2D eigenvalue weighted by Crippen LogP contribution is 2.31. The minimum atomic E-state index is -0.314. The second-order valence-electron chi connectivity index (χ2n) is 8.79. The molecule has 0 aliphatic carbocycles. The van der Waals surface area contributed by atoms with Gasteiger partial charge in [0, 0.05) is 54.5 Å². The Kier molecular flexibility index (Phi) is 6.66. The fourth-order valence-corrected chi connectivity index (χ4v) is 4.33. The molecular formula is C27H28N6O3. The highest BCUT2D eigenvalue weighted by molar-refractivity contribution is 5.96. The number of morpholine rings is 1. The van der Waals surface area contributed by atoms with E-state index in [1.54, 1.807) is 24.4 Å². The number of fused-ring (bicyclic) bond motifs is 1. The maximum absolute atomic E-state index is 12.6. The Morgan fingerprint density at radius 2 is 1.75 bits per heavy atom. The van der Waals surface area contributed by atoms with Crippen molar-refractivity contribution in [3.05, 3.63) is 76.7 Å². The normalized spacial score (nSPS) is 14.1. The number of carbonyl (C=O) groups is 1. The Hall–Kier alpha value is -4.21. The molecule has 5 rings (SSSR count). The van der Waals surface area contributed by atoms with Gasteiger partial charge < -0.3 is 26.5 Å². The lowest BCUT2D eigenvalue weighted by Gasteiger charge is -2.26. The number of hydrogen-bond acceptors (Lipinski definition) is 7. The summed E-state index contributed by atoms with van der Waals surface area (Å²) in [4.78, 5) is 33.7. The van der Waals surface area contributed by atoms with Gasteiger partial charge in [-0.25, -0.2) is 4.98 Å². The van der Waals surface area contributed by atoms with Crippen LogP contribution < -0.4 is 22.3 Å².